The first kappa shape index (κ1) is 26.3. The van der Waals surface area contributed by atoms with E-state index < -0.39 is 11.0 Å². The number of nitrogens with zero attached hydrogens (tertiary/aromatic N) is 1. The van der Waals surface area contributed by atoms with Crippen molar-refractivity contribution in [2.75, 3.05) is 6.61 Å². The van der Waals surface area contributed by atoms with Gasteiger partial charge in [0.15, 0.2) is 5.88 Å². The lowest BCUT2D eigenvalue weighted by atomic mass is 9.66. The molecule has 0 unspecified atom stereocenters. The summed E-state index contributed by atoms with van der Waals surface area (Å²) in [5.41, 5.74) is 3.41. The van der Waals surface area contributed by atoms with E-state index in [0.29, 0.717) is 48.9 Å². The van der Waals surface area contributed by atoms with Crippen LogP contribution in [0.4, 0.5) is 0 Å². The van der Waals surface area contributed by atoms with Crippen molar-refractivity contribution in [2.45, 2.75) is 58.2 Å². The van der Waals surface area contributed by atoms with Crippen molar-refractivity contribution in [1.82, 2.24) is 9.97 Å². The normalized spacial score (nSPS) is 19.9. The summed E-state index contributed by atoms with van der Waals surface area (Å²) in [4.78, 5) is 20.5. The lowest BCUT2D eigenvalue weighted by Crippen LogP contribution is -2.53. The van der Waals surface area contributed by atoms with E-state index in [2.05, 4.69) is 29.2 Å². The van der Waals surface area contributed by atoms with Gasteiger partial charge in [-0.3, -0.25) is 4.79 Å². The molecule has 0 spiro atoms. The lowest BCUT2D eigenvalue weighted by molar-refractivity contribution is -0.177. The van der Waals surface area contributed by atoms with E-state index in [4.69, 9.17) is 26.1 Å². The number of halogens is 1. The van der Waals surface area contributed by atoms with Gasteiger partial charge in [0.25, 0.3) is 0 Å². The zero-order chi connectivity index (χ0) is 26.9. The van der Waals surface area contributed by atoms with Gasteiger partial charge in [0.2, 0.25) is 0 Å². The molecule has 2 heterocycles. The second kappa shape index (κ2) is 10.4. The minimum absolute atomic E-state index is 0.0817. The molecule has 0 atom stereocenters. The molecule has 0 bridgehead atoms. The Bertz CT molecular complexity index is 1420. The van der Waals surface area contributed by atoms with Crippen LogP contribution in [0.25, 0.3) is 33.4 Å². The fourth-order valence-corrected chi connectivity index (χ4v) is 5.48. The number of hydrogen-bond acceptors (Lipinski definition) is 5. The predicted molar refractivity (Wildman–Crippen MR) is 150 cm³/mol. The summed E-state index contributed by atoms with van der Waals surface area (Å²) in [6.45, 7) is 5.58. The molecule has 1 aliphatic carbocycles. The van der Waals surface area contributed by atoms with E-state index in [1.54, 1.807) is 20.8 Å². The van der Waals surface area contributed by atoms with Gasteiger partial charge < -0.3 is 19.6 Å². The number of aromatic amines is 1. The molecule has 198 valence electrons. The van der Waals surface area contributed by atoms with Crippen LogP contribution >= 0.6 is 11.6 Å². The molecule has 5 rings (SSSR count). The maximum absolute atomic E-state index is 12.4. The van der Waals surface area contributed by atoms with Crippen LogP contribution in [0.2, 0.25) is 5.02 Å². The third kappa shape index (κ3) is 5.03. The van der Waals surface area contributed by atoms with Gasteiger partial charge in [0.05, 0.1) is 39.4 Å². The number of aliphatic hydroxyl groups is 1. The van der Waals surface area contributed by atoms with Crippen molar-refractivity contribution >= 4 is 28.6 Å². The molecular weight excluding hydrogens is 500 g/mol. The fraction of sp³-hybridized carbons (Fsp3) is 0.355. The molecule has 38 heavy (non-hydrogen) atoms. The standard InChI is InChI=1S/C31H33ClN2O4/c1-4-37-29(35)30(2,3)31(36)16-14-23(15-17-31)38-27-19-26-25(33-27)18-24(32)28(34-26)22-12-10-21(11-13-22)20-8-6-5-7-9-20/h5-13,18-19,23,33,36H,4,14-17H2,1-3H3/t23-,31-. The van der Waals surface area contributed by atoms with Crippen molar-refractivity contribution in [2.24, 2.45) is 5.41 Å². The zero-order valence-corrected chi connectivity index (χ0v) is 22.7. The van der Waals surface area contributed by atoms with Gasteiger partial charge in [-0.05, 0) is 63.6 Å². The highest BCUT2D eigenvalue weighted by Crippen LogP contribution is 2.44. The number of pyridine rings is 1. The van der Waals surface area contributed by atoms with Gasteiger partial charge >= 0.3 is 5.97 Å². The number of benzene rings is 2. The number of H-pyrrole nitrogens is 1. The Labute approximate surface area is 228 Å². The summed E-state index contributed by atoms with van der Waals surface area (Å²) in [6, 6.07) is 22.2. The number of esters is 1. The van der Waals surface area contributed by atoms with Gasteiger partial charge in [0, 0.05) is 11.6 Å². The molecule has 0 aliphatic heterocycles. The molecule has 0 saturated heterocycles. The first-order valence-electron chi connectivity index (χ1n) is 13.1. The molecule has 2 N–H and O–H groups in total. The average molecular weight is 533 g/mol. The minimum Gasteiger partial charge on any atom is -0.476 e. The number of aromatic nitrogens is 2. The summed E-state index contributed by atoms with van der Waals surface area (Å²) in [5, 5.41) is 11.8. The fourth-order valence-electron chi connectivity index (χ4n) is 5.22. The molecule has 1 saturated carbocycles. The summed E-state index contributed by atoms with van der Waals surface area (Å²) >= 11 is 6.63. The van der Waals surface area contributed by atoms with Crippen LogP contribution in [0, 0.1) is 5.41 Å². The Morgan fingerprint density at radius 3 is 2.34 bits per heavy atom. The van der Waals surface area contributed by atoms with Crippen molar-refractivity contribution in [3.63, 3.8) is 0 Å². The Kier molecular flexibility index (Phi) is 7.21. The van der Waals surface area contributed by atoms with Crippen LogP contribution in [0.15, 0.2) is 66.7 Å². The number of carbonyl (C=O) groups excluding carboxylic acids is 1. The Morgan fingerprint density at radius 2 is 1.68 bits per heavy atom. The van der Waals surface area contributed by atoms with Gasteiger partial charge in [0.1, 0.15) is 6.10 Å². The smallest absolute Gasteiger partial charge is 0.314 e. The van der Waals surface area contributed by atoms with Crippen molar-refractivity contribution in [3.05, 3.63) is 71.8 Å². The molecule has 0 amide bonds. The Hall–Kier alpha value is -3.35. The number of carbonyl (C=O) groups is 1. The van der Waals surface area contributed by atoms with Crippen molar-refractivity contribution in [1.29, 1.82) is 0 Å². The molecule has 2 aromatic heterocycles. The molecule has 4 aromatic rings. The summed E-state index contributed by atoms with van der Waals surface area (Å²) in [6.07, 6.45) is 2.08. The second-order valence-electron chi connectivity index (χ2n) is 10.5. The van der Waals surface area contributed by atoms with Crippen LogP contribution < -0.4 is 4.74 Å². The topological polar surface area (TPSA) is 84.4 Å². The number of fused-ring (bicyclic) bond motifs is 1. The molecule has 2 aromatic carbocycles. The first-order valence-corrected chi connectivity index (χ1v) is 13.5. The highest BCUT2D eigenvalue weighted by Gasteiger charge is 2.51. The van der Waals surface area contributed by atoms with Crippen LogP contribution in [-0.2, 0) is 9.53 Å². The molecular formula is C31H33ClN2O4. The number of hydrogen-bond donors (Lipinski definition) is 2. The Balaban J connectivity index is 1.29. The first-order chi connectivity index (χ1) is 18.2. The maximum atomic E-state index is 12.4. The number of rotatable bonds is 7. The molecule has 6 nitrogen and oxygen atoms in total. The van der Waals surface area contributed by atoms with E-state index >= 15 is 0 Å². The van der Waals surface area contributed by atoms with Crippen molar-refractivity contribution < 1.29 is 19.4 Å². The van der Waals surface area contributed by atoms with E-state index in [1.807, 2.05) is 42.5 Å². The molecule has 1 fully saturated rings. The van der Waals surface area contributed by atoms with Crippen LogP contribution in [0.1, 0.15) is 46.5 Å². The van der Waals surface area contributed by atoms with Gasteiger partial charge in [-0.1, -0.05) is 66.2 Å². The molecule has 7 heteroatoms. The van der Waals surface area contributed by atoms with Crippen molar-refractivity contribution in [3.8, 4) is 28.3 Å². The SMILES string of the molecule is CCOC(=O)C(C)(C)[C@]1(O)CC[C@H](Oc2cc3nc(-c4ccc(-c5ccccc5)cc4)c(Cl)cc3[nH]2)CC1. The average Bonchev–Trinajstić information content (AvgIpc) is 3.31. The van der Waals surface area contributed by atoms with E-state index in [-0.39, 0.29) is 12.1 Å². The summed E-state index contributed by atoms with van der Waals surface area (Å²) < 4.78 is 11.4. The third-order valence-corrected chi connectivity index (χ3v) is 8.09. The van der Waals surface area contributed by atoms with Crippen LogP contribution in [0.3, 0.4) is 0 Å². The van der Waals surface area contributed by atoms with E-state index in [9.17, 15) is 9.90 Å². The highest BCUT2D eigenvalue weighted by molar-refractivity contribution is 6.33. The number of ether oxygens (including phenoxy) is 2. The maximum Gasteiger partial charge on any atom is 0.314 e. The second-order valence-corrected chi connectivity index (χ2v) is 10.9. The van der Waals surface area contributed by atoms with E-state index in [1.165, 1.54) is 0 Å². The number of nitrogens with one attached hydrogen (secondary N) is 1. The minimum atomic E-state index is -1.13. The van der Waals surface area contributed by atoms with Crippen LogP contribution in [0.5, 0.6) is 5.88 Å². The van der Waals surface area contributed by atoms with Gasteiger partial charge in [-0.25, -0.2) is 4.98 Å². The monoisotopic (exact) mass is 532 g/mol. The van der Waals surface area contributed by atoms with Gasteiger partial charge in [-0.15, -0.1) is 0 Å². The summed E-state index contributed by atoms with van der Waals surface area (Å²) in [5.74, 6) is 0.242. The quantitative estimate of drug-likeness (QED) is 0.246. The highest BCUT2D eigenvalue weighted by atomic mass is 35.5. The molecule has 1 aliphatic rings. The van der Waals surface area contributed by atoms with E-state index in [0.717, 1.165) is 27.7 Å². The van der Waals surface area contributed by atoms with Crippen LogP contribution in [-0.4, -0.2) is 39.4 Å². The lowest BCUT2D eigenvalue weighted by Gasteiger charge is -2.44. The zero-order valence-electron chi connectivity index (χ0n) is 22.0. The predicted octanol–water partition coefficient (Wildman–Crippen LogP) is 7.19. The third-order valence-electron chi connectivity index (χ3n) is 7.80. The Morgan fingerprint density at radius 1 is 1.05 bits per heavy atom. The largest absolute Gasteiger partial charge is 0.476 e. The summed E-state index contributed by atoms with van der Waals surface area (Å²) in [7, 11) is 0. The van der Waals surface area contributed by atoms with Gasteiger partial charge in [-0.2, -0.15) is 0 Å². The molecule has 0 radical (unpaired) electrons.